The molecule has 1 unspecified atom stereocenters. The predicted molar refractivity (Wildman–Crippen MR) is 102 cm³/mol. The Morgan fingerprint density at radius 2 is 1.12 bits per heavy atom. The number of esters is 1. The highest BCUT2D eigenvalue weighted by atomic mass is 16.5. The van der Waals surface area contributed by atoms with Gasteiger partial charge in [-0.3, -0.25) is 4.79 Å². The molecule has 144 valence electrons. The maximum atomic E-state index is 11.3. The summed E-state index contributed by atoms with van der Waals surface area (Å²) in [6.07, 6.45) is 19.8. The van der Waals surface area contributed by atoms with E-state index in [1.165, 1.54) is 83.5 Å². The lowest BCUT2D eigenvalue weighted by atomic mass is 10.0. The van der Waals surface area contributed by atoms with Gasteiger partial charge >= 0.3 is 5.97 Å². The van der Waals surface area contributed by atoms with E-state index in [2.05, 4.69) is 6.92 Å². The second-order valence-corrected chi connectivity index (χ2v) is 7.23. The molecule has 0 aromatic rings. The molecule has 0 spiro atoms. The van der Waals surface area contributed by atoms with Crippen molar-refractivity contribution < 1.29 is 14.6 Å². The van der Waals surface area contributed by atoms with Crippen LogP contribution in [0.2, 0.25) is 0 Å². The number of rotatable bonds is 18. The van der Waals surface area contributed by atoms with Crippen LogP contribution in [0.3, 0.4) is 0 Å². The van der Waals surface area contributed by atoms with Crippen LogP contribution < -0.4 is 0 Å². The Hall–Kier alpha value is -0.570. The van der Waals surface area contributed by atoms with Crippen molar-refractivity contribution in [3.05, 3.63) is 0 Å². The van der Waals surface area contributed by atoms with Gasteiger partial charge in [0.2, 0.25) is 0 Å². The summed E-state index contributed by atoms with van der Waals surface area (Å²) in [5.74, 6) is -0.175. The van der Waals surface area contributed by atoms with E-state index in [9.17, 15) is 4.79 Å². The van der Waals surface area contributed by atoms with E-state index in [1.807, 2.05) is 0 Å². The third-order valence-electron chi connectivity index (χ3n) is 4.47. The van der Waals surface area contributed by atoms with E-state index in [0.717, 1.165) is 12.8 Å². The molecule has 3 heteroatoms. The summed E-state index contributed by atoms with van der Waals surface area (Å²) in [7, 11) is 0. The Balaban J connectivity index is 3.08. The minimum Gasteiger partial charge on any atom is -0.463 e. The summed E-state index contributed by atoms with van der Waals surface area (Å²) in [6, 6.07) is 0. The first-order valence-corrected chi connectivity index (χ1v) is 10.5. The van der Waals surface area contributed by atoms with Gasteiger partial charge in [0.05, 0.1) is 6.10 Å². The first-order chi connectivity index (χ1) is 11.7. The van der Waals surface area contributed by atoms with Crippen LogP contribution in [0, 0.1) is 0 Å². The Bertz CT molecular complexity index is 264. The monoisotopic (exact) mass is 342 g/mol. The number of hydrogen-bond acceptors (Lipinski definition) is 3. The summed E-state index contributed by atoms with van der Waals surface area (Å²) >= 11 is 0. The van der Waals surface area contributed by atoms with Gasteiger partial charge < -0.3 is 9.84 Å². The first-order valence-electron chi connectivity index (χ1n) is 10.5. The highest BCUT2D eigenvalue weighted by Gasteiger charge is 2.04. The summed E-state index contributed by atoms with van der Waals surface area (Å²) in [6.45, 7) is 4.02. The molecule has 0 rings (SSSR count). The van der Waals surface area contributed by atoms with Crippen LogP contribution in [0.4, 0.5) is 0 Å². The molecule has 24 heavy (non-hydrogen) atoms. The van der Waals surface area contributed by atoms with E-state index in [0.29, 0.717) is 6.42 Å². The van der Waals surface area contributed by atoms with Crippen molar-refractivity contribution in [2.45, 2.75) is 123 Å². The highest BCUT2D eigenvalue weighted by Crippen LogP contribution is 2.13. The van der Waals surface area contributed by atoms with Crippen molar-refractivity contribution >= 4 is 5.97 Å². The fourth-order valence-corrected chi connectivity index (χ4v) is 2.93. The maximum absolute atomic E-state index is 11.3. The molecule has 0 aliphatic carbocycles. The second kappa shape index (κ2) is 18.8. The summed E-state index contributed by atoms with van der Waals surface area (Å²) in [4.78, 5) is 11.3. The van der Waals surface area contributed by atoms with Crippen LogP contribution in [-0.2, 0) is 9.53 Å². The molecule has 0 saturated heterocycles. The minimum absolute atomic E-state index is 0.123. The normalized spacial score (nSPS) is 12.3. The molecule has 1 N–H and O–H groups in total. The third kappa shape index (κ3) is 19.5. The number of hydrogen-bond donors (Lipinski definition) is 1. The van der Waals surface area contributed by atoms with Crippen LogP contribution in [-0.4, -0.2) is 23.8 Å². The molecule has 0 aliphatic rings. The van der Waals surface area contributed by atoms with Gasteiger partial charge in [0.1, 0.15) is 6.61 Å². The molecule has 0 bridgehead atoms. The Kier molecular flexibility index (Phi) is 18.3. The molecule has 0 aromatic heterocycles. The first kappa shape index (κ1) is 23.4. The van der Waals surface area contributed by atoms with E-state index in [4.69, 9.17) is 9.84 Å². The summed E-state index contributed by atoms with van der Waals surface area (Å²) in [5.41, 5.74) is 0. The Morgan fingerprint density at radius 3 is 1.50 bits per heavy atom. The van der Waals surface area contributed by atoms with Gasteiger partial charge in [0.15, 0.2) is 0 Å². The molecule has 1 atom stereocenters. The van der Waals surface area contributed by atoms with Crippen molar-refractivity contribution in [1.29, 1.82) is 0 Å². The van der Waals surface area contributed by atoms with Crippen LogP contribution in [0.5, 0.6) is 0 Å². The summed E-state index contributed by atoms with van der Waals surface area (Å²) in [5, 5.41) is 9.03. The lowest BCUT2D eigenvalue weighted by Crippen LogP contribution is -2.14. The van der Waals surface area contributed by atoms with Crippen molar-refractivity contribution in [3.8, 4) is 0 Å². The predicted octanol–water partition coefficient (Wildman–Crippen LogP) is 6.17. The van der Waals surface area contributed by atoms with Crippen LogP contribution >= 0.6 is 0 Å². The molecule has 0 fully saturated rings. The Labute approximate surface area is 150 Å². The minimum atomic E-state index is -0.560. The number of unbranched alkanes of at least 4 members (excludes halogenated alkanes) is 14. The molecule has 0 aromatic carbocycles. The van der Waals surface area contributed by atoms with Gasteiger partial charge in [-0.25, -0.2) is 0 Å². The molecule has 0 aliphatic heterocycles. The van der Waals surface area contributed by atoms with Crippen LogP contribution in [0.1, 0.15) is 117 Å². The molecule has 0 heterocycles. The lowest BCUT2D eigenvalue weighted by Gasteiger charge is -2.06. The molecule has 3 nitrogen and oxygen atoms in total. The SMILES string of the molecule is CCCCCCCCCCCCCCCCCC(=O)OCC(C)O. The molecular formula is C21H42O3. The average molecular weight is 343 g/mol. The molecule has 0 radical (unpaired) electrons. The standard InChI is InChI=1S/C21H42O3/c1-3-4-5-6-7-8-9-10-11-12-13-14-15-16-17-18-21(23)24-19-20(2)22/h20,22H,3-19H2,1-2H3. The molecule has 0 saturated carbocycles. The number of carbonyl (C=O) groups is 1. The van der Waals surface area contributed by atoms with Gasteiger partial charge in [-0.1, -0.05) is 96.8 Å². The van der Waals surface area contributed by atoms with Crippen molar-refractivity contribution in [1.82, 2.24) is 0 Å². The van der Waals surface area contributed by atoms with Gasteiger partial charge in [-0.2, -0.15) is 0 Å². The second-order valence-electron chi connectivity index (χ2n) is 7.23. The molecular weight excluding hydrogens is 300 g/mol. The van der Waals surface area contributed by atoms with Gasteiger partial charge in [0.25, 0.3) is 0 Å². The largest absolute Gasteiger partial charge is 0.463 e. The highest BCUT2D eigenvalue weighted by molar-refractivity contribution is 5.69. The number of aliphatic hydroxyl groups is 1. The zero-order valence-corrected chi connectivity index (χ0v) is 16.4. The Morgan fingerprint density at radius 1 is 0.750 bits per heavy atom. The van der Waals surface area contributed by atoms with E-state index in [-0.39, 0.29) is 12.6 Å². The smallest absolute Gasteiger partial charge is 0.305 e. The van der Waals surface area contributed by atoms with Crippen molar-refractivity contribution in [2.24, 2.45) is 0 Å². The molecule has 0 amide bonds. The van der Waals surface area contributed by atoms with Crippen molar-refractivity contribution in [3.63, 3.8) is 0 Å². The van der Waals surface area contributed by atoms with E-state index < -0.39 is 6.10 Å². The number of ether oxygens (including phenoxy) is 1. The fourth-order valence-electron chi connectivity index (χ4n) is 2.93. The van der Waals surface area contributed by atoms with Gasteiger partial charge in [0, 0.05) is 6.42 Å². The summed E-state index contributed by atoms with van der Waals surface area (Å²) < 4.78 is 4.93. The number of carbonyl (C=O) groups excluding carboxylic acids is 1. The van der Waals surface area contributed by atoms with Gasteiger partial charge in [-0.05, 0) is 13.3 Å². The van der Waals surface area contributed by atoms with Crippen LogP contribution in [0.15, 0.2) is 0 Å². The zero-order chi connectivity index (χ0) is 17.9. The topological polar surface area (TPSA) is 46.5 Å². The third-order valence-corrected chi connectivity index (χ3v) is 4.47. The average Bonchev–Trinajstić information content (AvgIpc) is 2.56. The maximum Gasteiger partial charge on any atom is 0.305 e. The van der Waals surface area contributed by atoms with Gasteiger partial charge in [-0.15, -0.1) is 0 Å². The van der Waals surface area contributed by atoms with Crippen LogP contribution in [0.25, 0.3) is 0 Å². The van der Waals surface area contributed by atoms with E-state index >= 15 is 0 Å². The van der Waals surface area contributed by atoms with Crippen molar-refractivity contribution in [2.75, 3.05) is 6.61 Å². The van der Waals surface area contributed by atoms with E-state index in [1.54, 1.807) is 6.92 Å². The fraction of sp³-hybridized carbons (Fsp3) is 0.952. The number of aliphatic hydroxyl groups excluding tert-OH is 1. The lowest BCUT2D eigenvalue weighted by molar-refractivity contribution is -0.146. The zero-order valence-electron chi connectivity index (χ0n) is 16.4. The quantitative estimate of drug-likeness (QED) is 0.239.